The number of nitrogens with zero attached hydrogens (tertiary/aromatic N) is 5. The number of likely N-dealkylation sites (tertiary alicyclic amines) is 1. The number of carbonyl (C=O) groups excluding carboxylic acids is 1. The molecule has 6 heterocycles. The number of benzene rings is 2. The molecule has 294 valence electrons. The molecule has 0 saturated carbocycles. The summed E-state index contributed by atoms with van der Waals surface area (Å²) >= 11 is 3.09. The summed E-state index contributed by atoms with van der Waals surface area (Å²) in [5.41, 5.74) is 6.05. The van der Waals surface area contributed by atoms with Crippen LogP contribution in [0.2, 0.25) is 0 Å². The molecule has 3 N–H and O–H groups in total. The van der Waals surface area contributed by atoms with Gasteiger partial charge >= 0.3 is 6.01 Å². The van der Waals surface area contributed by atoms with Crippen molar-refractivity contribution >= 4 is 71.6 Å². The molecule has 4 aromatic rings. The van der Waals surface area contributed by atoms with Crippen LogP contribution < -0.4 is 20.1 Å². The van der Waals surface area contributed by atoms with Crippen LogP contribution in [0.3, 0.4) is 0 Å². The Morgan fingerprint density at radius 3 is 2.78 bits per heavy atom. The van der Waals surface area contributed by atoms with E-state index < -0.39 is 35.5 Å². The maximum Gasteiger partial charge on any atom is 0.319 e. The van der Waals surface area contributed by atoms with Crippen molar-refractivity contribution in [3.8, 4) is 22.9 Å². The summed E-state index contributed by atoms with van der Waals surface area (Å²) in [7, 11) is 0. The predicted octanol–water partition coefficient (Wildman–Crippen LogP) is 6.96. The molecule has 2 aromatic heterocycles. The van der Waals surface area contributed by atoms with Gasteiger partial charge in [0.25, 0.3) is 0 Å². The first-order chi connectivity index (χ1) is 25.8. The van der Waals surface area contributed by atoms with Gasteiger partial charge in [-0.3, -0.25) is 9.69 Å². The zero-order valence-electron chi connectivity index (χ0n) is 31.1. The van der Waals surface area contributed by atoms with Crippen LogP contribution in [0.25, 0.3) is 32.1 Å². The molecule has 3 unspecified atom stereocenters. The van der Waals surface area contributed by atoms with E-state index in [4.69, 9.17) is 25.2 Å². The summed E-state index contributed by atoms with van der Waals surface area (Å²) in [5, 5.41) is 12.2. The third-order valence-electron chi connectivity index (χ3n) is 11.5. The van der Waals surface area contributed by atoms with Crippen molar-refractivity contribution in [3.05, 3.63) is 33.4 Å². The van der Waals surface area contributed by atoms with Gasteiger partial charge in [0.05, 0.1) is 32.5 Å². The fourth-order valence-corrected chi connectivity index (χ4v) is 10.8. The quantitative estimate of drug-likeness (QED) is 0.136. The van der Waals surface area contributed by atoms with Crippen LogP contribution in [0, 0.1) is 74.9 Å². The second kappa shape index (κ2) is 16.5. The number of aliphatic hydroxyl groups is 1. The molecule has 0 aliphatic carbocycles. The van der Waals surface area contributed by atoms with Crippen molar-refractivity contribution in [3.63, 3.8) is 0 Å². The van der Waals surface area contributed by atoms with Crippen LogP contribution in [0.4, 0.5) is 24.0 Å². The summed E-state index contributed by atoms with van der Waals surface area (Å²) in [6.45, 7) is 8.73. The number of piperidine rings is 1. The minimum absolute atomic E-state index is 0. The summed E-state index contributed by atoms with van der Waals surface area (Å²) < 4.78 is 60.8. The summed E-state index contributed by atoms with van der Waals surface area (Å²) in [6.07, 6.45) is 2.35. The first-order valence-corrected chi connectivity index (χ1v) is 20.7. The van der Waals surface area contributed by atoms with E-state index >= 15 is 4.39 Å². The second-order valence-electron chi connectivity index (χ2n) is 15.9. The van der Waals surface area contributed by atoms with Crippen LogP contribution >= 0.6 is 33.9 Å². The Labute approximate surface area is 370 Å². The molecule has 0 spiro atoms. The van der Waals surface area contributed by atoms with Crippen molar-refractivity contribution in [1.29, 1.82) is 0 Å². The van der Waals surface area contributed by atoms with Gasteiger partial charge in [-0.05, 0) is 89.9 Å². The van der Waals surface area contributed by atoms with Gasteiger partial charge < -0.3 is 30.1 Å². The first kappa shape index (κ1) is 41.4. The second-order valence-corrected chi connectivity index (χ2v) is 18.0. The summed E-state index contributed by atoms with van der Waals surface area (Å²) in [5.74, 6) is -0.0668. The number of fused-ring (bicyclic) bond motifs is 2. The molecule has 4 aliphatic heterocycles. The number of hydrogen-bond acceptors (Lipinski definition) is 10. The number of alkyl halides is 1. The van der Waals surface area contributed by atoms with Crippen molar-refractivity contribution in [2.24, 2.45) is 11.8 Å². The zero-order chi connectivity index (χ0) is 38.1. The van der Waals surface area contributed by atoms with Gasteiger partial charge in [-0.15, -0.1) is 17.7 Å². The largest absolute Gasteiger partial charge is 0.489 e. The molecule has 5 atom stereocenters. The molecule has 3 fully saturated rings. The van der Waals surface area contributed by atoms with E-state index in [0.717, 1.165) is 43.6 Å². The summed E-state index contributed by atoms with van der Waals surface area (Å²) in [6, 6.07) is 5.15. The number of halogens is 4. The molecular formula is C39H45CeF3IN6O4S-. The molecule has 16 heteroatoms. The molecule has 8 rings (SSSR count). The van der Waals surface area contributed by atoms with E-state index in [1.807, 2.05) is 23.6 Å². The van der Waals surface area contributed by atoms with Gasteiger partial charge in [0.2, 0.25) is 5.91 Å². The third kappa shape index (κ3) is 7.77. The third-order valence-corrected chi connectivity index (χ3v) is 13.5. The SMILES string of the molecule is CC(C)CC(=O)N1CCCC(CN2c3nc(OC[C@@]45CCCN4C[C@H](F)C5)nc4c(F)c(-c5ccc(F)c6sc(N)[c-]c56)c(I)c(c34)OCC2C(C)O)C1.[Ce]. The number of aliphatic hydroxyl groups excluding tert-OH is 1. The van der Waals surface area contributed by atoms with Crippen LogP contribution in [0.1, 0.15) is 59.3 Å². The van der Waals surface area contributed by atoms with Crippen molar-refractivity contribution < 1.29 is 74.3 Å². The minimum Gasteiger partial charge on any atom is -0.489 e. The molecule has 0 radical (unpaired) electrons. The molecule has 10 nitrogen and oxygen atoms in total. The van der Waals surface area contributed by atoms with Gasteiger partial charge in [0.15, 0.2) is 0 Å². The standard InChI is InChI=1S/C39H45F3IN6O4S.Ce/c1-20(2)12-29(51)47-10-4-6-22(15-47)16-49-27(21(3)50)18-52-35-31-34(32(42)30(33(35)43)24-7-8-26(41)36-25(24)13-28(44)54-36)45-38(46-37(31)49)53-19-39-9-5-11-48(39)17-23(40)14-39;/h7-8,20-23,27,50H,4-6,9-12,14-19,44H2,1-3H3;/q-1;/t21?,22?,23-,27?,39+;/m1./s1. The molecular weight excluding hydrogens is 973 g/mol. The Balaban J connectivity index is 0.00000465. The van der Waals surface area contributed by atoms with E-state index in [2.05, 4.69) is 33.6 Å². The van der Waals surface area contributed by atoms with Gasteiger partial charge in [0, 0.05) is 85.8 Å². The molecule has 0 bridgehead atoms. The average molecular weight is 1020 g/mol. The topological polar surface area (TPSA) is 117 Å². The van der Waals surface area contributed by atoms with E-state index in [0.29, 0.717) is 70.5 Å². The van der Waals surface area contributed by atoms with Gasteiger partial charge in [0.1, 0.15) is 42.3 Å². The molecule has 2 aromatic carbocycles. The average Bonchev–Trinajstić information content (AvgIpc) is 3.76. The van der Waals surface area contributed by atoms with E-state index in [9.17, 15) is 18.7 Å². The zero-order valence-corrected chi connectivity index (χ0v) is 37.3. The van der Waals surface area contributed by atoms with E-state index in [1.54, 1.807) is 6.92 Å². The fraction of sp³-hybridized carbons (Fsp3) is 0.564. The number of thiophene rings is 1. The smallest absolute Gasteiger partial charge is 0.319 e. The molecule has 4 aliphatic rings. The fourth-order valence-electron chi connectivity index (χ4n) is 9.01. The Morgan fingerprint density at radius 1 is 1.22 bits per heavy atom. The number of nitrogen functional groups attached to an aromatic ring is 1. The normalized spacial score (nSPS) is 24.6. The Hall–Kier alpha value is -1.77. The number of ether oxygens (including phenoxy) is 2. The Morgan fingerprint density at radius 2 is 2.02 bits per heavy atom. The van der Waals surface area contributed by atoms with Crippen LogP contribution in [0.15, 0.2) is 12.1 Å². The predicted molar refractivity (Wildman–Crippen MR) is 212 cm³/mol. The minimum atomic E-state index is -0.960. The molecule has 1 amide bonds. The number of aromatic nitrogens is 2. The molecule has 3 saturated heterocycles. The van der Waals surface area contributed by atoms with E-state index in [-0.39, 0.29) is 99.5 Å². The monoisotopic (exact) mass is 1020 g/mol. The number of anilines is 2. The van der Waals surface area contributed by atoms with Crippen LogP contribution in [-0.4, -0.2) is 101 Å². The van der Waals surface area contributed by atoms with Crippen LogP contribution in [-0.2, 0) is 4.79 Å². The number of carbonyl (C=O) groups is 1. The van der Waals surface area contributed by atoms with E-state index in [1.165, 1.54) is 12.1 Å². The van der Waals surface area contributed by atoms with Gasteiger partial charge in [-0.2, -0.15) is 26.7 Å². The first-order valence-electron chi connectivity index (χ1n) is 18.8. The molecule has 55 heavy (non-hydrogen) atoms. The van der Waals surface area contributed by atoms with Crippen LogP contribution in [0.5, 0.6) is 11.8 Å². The van der Waals surface area contributed by atoms with Gasteiger partial charge in [-0.1, -0.05) is 13.8 Å². The van der Waals surface area contributed by atoms with Crippen molar-refractivity contribution in [1.82, 2.24) is 19.8 Å². The van der Waals surface area contributed by atoms with Gasteiger partial charge in [-0.25, -0.2) is 13.2 Å². The Bertz CT molecular complexity index is 2110. The number of nitrogens with two attached hydrogens (primary N) is 1. The summed E-state index contributed by atoms with van der Waals surface area (Å²) in [4.78, 5) is 28.9. The van der Waals surface area contributed by atoms with Crippen molar-refractivity contribution in [2.45, 2.75) is 83.2 Å². The number of rotatable bonds is 9. The maximum absolute atomic E-state index is 17.5. The number of amides is 1. The Kier molecular flexibility index (Phi) is 12.4. The maximum atomic E-state index is 17.5. The van der Waals surface area contributed by atoms with Crippen molar-refractivity contribution in [2.75, 3.05) is 56.6 Å². The number of hydrogen-bond donors (Lipinski definition) is 2.